The summed E-state index contributed by atoms with van der Waals surface area (Å²) < 4.78 is 4.01. The molecule has 2 rings (SSSR count). The highest BCUT2D eigenvalue weighted by molar-refractivity contribution is 7.09. The van der Waals surface area contributed by atoms with E-state index < -0.39 is 0 Å². The van der Waals surface area contributed by atoms with E-state index in [2.05, 4.69) is 14.7 Å². The van der Waals surface area contributed by atoms with E-state index in [1.165, 1.54) is 18.0 Å². The van der Waals surface area contributed by atoms with Crippen molar-refractivity contribution in [2.75, 3.05) is 18.4 Å². The lowest BCUT2D eigenvalue weighted by Crippen LogP contribution is -2.38. The minimum Gasteiger partial charge on any atom is -0.324 e. The van der Waals surface area contributed by atoms with Crippen LogP contribution in [0.25, 0.3) is 0 Å². The van der Waals surface area contributed by atoms with Gasteiger partial charge in [0.15, 0.2) is 0 Å². The van der Waals surface area contributed by atoms with Gasteiger partial charge in [-0.15, -0.1) is 0 Å². The van der Waals surface area contributed by atoms with E-state index in [0.29, 0.717) is 11.0 Å². The molecule has 1 saturated heterocycles. The maximum atomic E-state index is 11.7. The molecule has 82 valence electrons. The number of nitrogens with zero attached hydrogens (tertiary/aromatic N) is 3. The summed E-state index contributed by atoms with van der Waals surface area (Å²) in [6.45, 7) is 3.51. The van der Waals surface area contributed by atoms with Gasteiger partial charge >= 0.3 is 6.03 Å². The molecule has 0 aromatic carbocycles. The molecule has 0 radical (unpaired) electrons. The molecule has 6 heteroatoms. The van der Waals surface area contributed by atoms with E-state index in [1.807, 2.05) is 11.8 Å². The van der Waals surface area contributed by atoms with Gasteiger partial charge in [-0.3, -0.25) is 5.32 Å². The first kappa shape index (κ1) is 10.4. The number of carbonyl (C=O) groups excluding carboxylic acids is 1. The maximum absolute atomic E-state index is 11.7. The number of aryl methyl sites for hydroxylation is 1. The van der Waals surface area contributed by atoms with E-state index in [0.717, 1.165) is 25.9 Å². The van der Waals surface area contributed by atoms with Crippen molar-refractivity contribution in [2.24, 2.45) is 0 Å². The molecule has 1 N–H and O–H groups in total. The highest BCUT2D eigenvalue weighted by Crippen LogP contribution is 2.13. The Hall–Kier alpha value is -1.17. The number of hydrogen-bond acceptors (Lipinski definition) is 4. The van der Waals surface area contributed by atoms with Gasteiger partial charge in [0, 0.05) is 24.6 Å². The summed E-state index contributed by atoms with van der Waals surface area (Å²) in [5, 5.41) is 3.35. The second-order valence-electron chi connectivity index (χ2n) is 3.62. The SMILES string of the molecule is Cc1nsc(NC(=O)N2CCCCC2)n1. The molecule has 1 aromatic heterocycles. The van der Waals surface area contributed by atoms with Crippen molar-refractivity contribution in [1.29, 1.82) is 0 Å². The van der Waals surface area contributed by atoms with Gasteiger partial charge in [0.25, 0.3) is 0 Å². The molecule has 0 unspecified atom stereocenters. The molecule has 1 fully saturated rings. The summed E-state index contributed by atoms with van der Waals surface area (Å²) >= 11 is 1.22. The number of aromatic nitrogens is 2. The van der Waals surface area contributed by atoms with Gasteiger partial charge in [0.1, 0.15) is 5.82 Å². The fourth-order valence-corrected chi connectivity index (χ4v) is 2.18. The third-order valence-corrected chi connectivity index (χ3v) is 3.11. The van der Waals surface area contributed by atoms with E-state index in [9.17, 15) is 4.79 Å². The van der Waals surface area contributed by atoms with Crippen LogP contribution >= 0.6 is 11.5 Å². The van der Waals surface area contributed by atoms with Crippen LogP contribution in [0.2, 0.25) is 0 Å². The summed E-state index contributed by atoms with van der Waals surface area (Å²) in [6, 6.07) is -0.0501. The number of urea groups is 1. The van der Waals surface area contributed by atoms with Gasteiger partial charge in [-0.05, 0) is 26.2 Å². The second-order valence-corrected chi connectivity index (χ2v) is 4.38. The van der Waals surface area contributed by atoms with Gasteiger partial charge in [-0.25, -0.2) is 9.78 Å². The van der Waals surface area contributed by atoms with Crippen LogP contribution in [-0.4, -0.2) is 33.4 Å². The zero-order valence-corrected chi connectivity index (χ0v) is 9.51. The predicted molar refractivity (Wildman–Crippen MR) is 59.1 cm³/mol. The third kappa shape index (κ3) is 2.65. The van der Waals surface area contributed by atoms with Crippen LogP contribution in [0.4, 0.5) is 9.93 Å². The fraction of sp³-hybridized carbons (Fsp3) is 0.667. The molecule has 0 atom stereocenters. The Morgan fingerprint density at radius 2 is 2.13 bits per heavy atom. The van der Waals surface area contributed by atoms with Crippen LogP contribution in [0.1, 0.15) is 25.1 Å². The molecule has 0 spiro atoms. The first-order valence-corrected chi connectivity index (χ1v) is 5.89. The monoisotopic (exact) mass is 226 g/mol. The molecule has 1 aliphatic rings. The Morgan fingerprint density at radius 3 is 2.73 bits per heavy atom. The molecule has 1 aliphatic heterocycles. The number of amides is 2. The van der Waals surface area contributed by atoms with Crippen LogP contribution in [0.3, 0.4) is 0 Å². The number of piperidine rings is 1. The quantitative estimate of drug-likeness (QED) is 0.795. The average molecular weight is 226 g/mol. The zero-order valence-electron chi connectivity index (χ0n) is 8.69. The van der Waals surface area contributed by atoms with Crippen molar-refractivity contribution < 1.29 is 4.79 Å². The lowest BCUT2D eigenvalue weighted by molar-refractivity contribution is 0.200. The van der Waals surface area contributed by atoms with Gasteiger partial charge in [0.2, 0.25) is 5.13 Å². The molecule has 15 heavy (non-hydrogen) atoms. The molecular formula is C9H14N4OS. The van der Waals surface area contributed by atoms with Crippen molar-refractivity contribution in [1.82, 2.24) is 14.3 Å². The van der Waals surface area contributed by atoms with Gasteiger partial charge in [-0.1, -0.05) is 0 Å². The molecular weight excluding hydrogens is 212 g/mol. The van der Waals surface area contributed by atoms with Gasteiger partial charge in [0.05, 0.1) is 0 Å². The fourth-order valence-electron chi connectivity index (χ4n) is 1.62. The minimum absolute atomic E-state index is 0.0501. The van der Waals surface area contributed by atoms with E-state index in [-0.39, 0.29) is 6.03 Å². The summed E-state index contributed by atoms with van der Waals surface area (Å²) in [5.41, 5.74) is 0. The highest BCUT2D eigenvalue weighted by atomic mass is 32.1. The molecule has 1 aromatic rings. The van der Waals surface area contributed by atoms with Crippen molar-refractivity contribution in [3.8, 4) is 0 Å². The van der Waals surface area contributed by atoms with E-state index in [4.69, 9.17) is 0 Å². The van der Waals surface area contributed by atoms with Crippen LogP contribution in [0.5, 0.6) is 0 Å². The second kappa shape index (κ2) is 4.57. The Kier molecular flexibility index (Phi) is 3.15. The molecule has 2 amide bonds. The Morgan fingerprint density at radius 1 is 1.40 bits per heavy atom. The van der Waals surface area contributed by atoms with Crippen LogP contribution in [-0.2, 0) is 0 Å². The number of hydrogen-bond donors (Lipinski definition) is 1. The average Bonchev–Trinajstić information content (AvgIpc) is 2.65. The lowest BCUT2D eigenvalue weighted by atomic mass is 10.1. The Labute approximate surface area is 92.7 Å². The molecule has 2 heterocycles. The normalized spacial score (nSPS) is 16.5. The predicted octanol–water partition coefficient (Wildman–Crippen LogP) is 1.86. The van der Waals surface area contributed by atoms with Crippen LogP contribution in [0, 0.1) is 6.92 Å². The lowest BCUT2D eigenvalue weighted by Gasteiger charge is -2.26. The number of nitrogens with one attached hydrogen (secondary N) is 1. The number of carbonyl (C=O) groups is 1. The topological polar surface area (TPSA) is 58.1 Å². The Bertz CT molecular complexity index is 346. The minimum atomic E-state index is -0.0501. The van der Waals surface area contributed by atoms with E-state index in [1.54, 1.807) is 0 Å². The third-order valence-electron chi connectivity index (χ3n) is 2.38. The Balaban J connectivity index is 1.91. The van der Waals surface area contributed by atoms with E-state index >= 15 is 0 Å². The number of anilines is 1. The van der Waals surface area contributed by atoms with Gasteiger partial charge in [-0.2, -0.15) is 4.37 Å². The molecule has 0 bridgehead atoms. The van der Waals surface area contributed by atoms with Crippen molar-refractivity contribution >= 4 is 22.7 Å². The summed E-state index contributed by atoms with van der Waals surface area (Å²) in [4.78, 5) is 17.7. The summed E-state index contributed by atoms with van der Waals surface area (Å²) in [7, 11) is 0. The molecule has 0 saturated carbocycles. The van der Waals surface area contributed by atoms with Crippen molar-refractivity contribution in [3.05, 3.63) is 5.82 Å². The smallest absolute Gasteiger partial charge is 0.323 e. The standard InChI is InChI=1S/C9H14N4OS/c1-7-10-8(15-12-7)11-9(14)13-5-3-2-4-6-13/h2-6H2,1H3,(H,10,11,12,14). The number of rotatable bonds is 1. The molecule has 5 nitrogen and oxygen atoms in total. The van der Waals surface area contributed by atoms with Gasteiger partial charge < -0.3 is 4.90 Å². The first-order chi connectivity index (χ1) is 7.25. The summed E-state index contributed by atoms with van der Waals surface area (Å²) in [6.07, 6.45) is 3.42. The first-order valence-electron chi connectivity index (χ1n) is 5.12. The van der Waals surface area contributed by atoms with Crippen LogP contribution < -0.4 is 5.32 Å². The van der Waals surface area contributed by atoms with Crippen molar-refractivity contribution in [3.63, 3.8) is 0 Å². The number of likely N-dealkylation sites (tertiary alicyclic amines) is 1. The molecule has 0 aliphatic carbocycles. The highest BCUT2D eigenvalue weighted by Gasteiger charge is 2.17. The van der Waals surface area contributed by atoms with Crippen LogP contribution in [0.15, 0.2) is 0 Å². The largest absolute Gasteiger partial charge is 0.324 e. The summed E-state index contributed by atoms with van der Waals surface area (Å²) in [5.74, 6) is 0.703. The zero-order chi connectivity index (χ0) is 10.7. The maximum Gasteiger partial charge on any atom is 0.323 e. The van der Waals surface area contributed by atoms with Crippen molar-refractivity contribution in [2.45, 2.75) is 26.2 Å².